The summed E-state index contributed by atoms with van der Waals surface area (Å²) in [6, 6.07) is 21.0. The number of carbonyl (C=O) groups is 1. The fourth-order valence-corrected chi connectivity index (χ4v) is 4.82. The van der Waals surface area contributed by atoms with E-state index in [2.05, 4.69) is 21.6 Å². The summed E-state index contributed by atoms with van der Waals surface area (Å²) in [6.07, 6.45) is 1.43. The van der Waals surface area contributed by atoms with Gasteiger partial charge < -0.3 is 5.32 Å². The van der Waals surface area contributed by atoms with Crippen LogP contribution < -0.4 is 5.32 Å². The molecule has 0 saturated heterocycles. The first kappa shape index (κ1) is 20.0. The second-order valence-electron chi connectivity index (χ2n) is 5.98. The largest absolute Gasteiger partial charge is 0.309 e. The number of hydrogen-bond donors (Lipinski definition) is 1. The zero-order valence-electron chi connectivity index (χ0n) is 15.4. The molecule has 0 aliphatic carbocycles. The number of thioether (sulfide) groups is 1. The van der Waals surface area contributed by atoms with E-state index in [9.17, 15) is 10.1 Å². The molecule has 148 valence electrons. The van der Waals surface area contributed by atoms with E-state index in [0.717, 1.165) is 11.4 Å². The molecule has 0 spiro atoms. The molecule has 4 rings (SSSR count). The molecular weight excluding hydrogens is 436 g/mol. The lowest BCUT2D eigenvalue weighted by molar-refractivity contribution is -0.113. The predicted octanol–water partition coefficient (Wildman–Crippen LogP) is 4.45. The molecule has 1 amide bonds. The van der Waals surface area contributed by atoms with E-state index < -0.39 is 0 Å². The maximum absolute atomic E-state index is 12.6. The van der Waals surface area contributed by atoms with Crippen LogP contribution in [0.15, 0.2) is 71.2 Å². The molecule has 10 heteroatoms. The van der Waals surface area contributed by atoms with E-state index in [1.165, 1.54) is 34.0 Å². The standard InChI is InChI=1S/C20H14N6OS3/c21-11-14-12-22-25(15-7-3-1-4-8-15)18(14)23-17(27)13-29-19-24-26(20(28)30-19)16-9-5-2-6-10-16/h1-10,12H,13H2,(H,23,27). The Bertz CT molecular complexity index is 1270. The number of rotatable bonds is 6. The number of para-hydroxylation sites is 2. The van der Waals surface area contributed by atoms with Crippen molar-refractivity contribution in [1.29, 1.82) is 5.26 Å². The van der Waals surface area contributed by atoms with E-state index >= 15 is 0 Å². The van der Waals surface area contributed by atoms with Gasteiger partial charge in [-0.3, -0.25) is 4.79 Å². The van der Waals surface area contributed by atoms with E-state index in [0.29, 0.717) is 19.7 Å². The molecule has 2 aromatic heterocycles. The van der Waals surface area contributed by atoms with Crippen LogP contribution in [-0.2, 0) is 4.79 Å². The second-order valence-corrected chi connectivity index (χ2v) is 8.83. The Kier molecular flexibility index (Phi) is 6.04. The minimum absolute atomic E-state index is 0.127. The predicted molar refractivity (Wildman–Crippen MR) is 120 cm³/mol. The molecule has 7 nitrogen and oxygen atoms in total. The first-order chi connectivity index (χ1) is 14.7. The SMILES string of the molecule is N#Cc1cnn(-c2ccccc2)c1NC(=O)CSc1nn(-c2ccccc2)c(=S)s1. The van der Waals surface area contributed by atoms with E-state index in [1.54, 1.807) is 4.68 Å². The molecule has 0 aliphatic rings. The normalized spacial score (nSPS) is 10.5. The maximum atomic E-state index is 12.6. The molecule has 2 aromatic carbocycles. The van der Waals surface area contributed by atoms with Crippen molar-refractivity contribution in [3.63, 3.8) is 0 Å². The minimum atomic E-state index is -0.262. The fourth-order valence-electron chi connectivity index (χ4n) is 2.66. The van der Waals surface area contributed by atoms with Gasteiger partial charge in [0.05, 0.1) is 23.3 Å². The highest BCUT2D eigenvalue weighted by atomic mass is 32.2. The highest BCUT2D eigenvalue weighted by molar-refractivity contribution is 8.01. The van der Waals surface area contributed by atoms with Gasteiger partial charge in [-0.2, -0.15) is 10.4 Å². The van der Waals surface area contributed by atoms with Crippen LogP contribution in [0.1, 0.15) is 5.56 Å². The summed E-state index contributed by atoms with van der Waals surface area (Å²) >= 11 is 8.03. The van der Waals surface area contributed by atoms with Gasteiger partial charge in [-0.15, -0.1) is 5.10 Å². The lowest BCUT2D eigenvalue weighted by Crippen LogP contribution is -2.17. The van der Waals surface area contributed by atoms with Crippen LogP contribution >= 0.6 is 35.3 Å². The maximum Gasteiger partial charge on any atom is 0.236 e. The average Bonchev–Trinajstić information content (AvgIpc) is 3.36. The van der Waals surface area contributed by atoms with Crippen LogP contribution in [0.3, 0.4) is 0 Å². The summed E-state index contributed by atoms with van der Waals surface area (Å²) in [7, 11) is 0. The van der Waals surface area contributed by atoms with Crippen LogP contribution in [0.2, 0.25) is 0 Å². The summed E-state index contributed by atoms with van der Waals surface area (Å²) in [5, 5.41) is 20.9. The summed E-state index contributed by atoms with van der Waals surface area (Å²) in [4.78, 5) is 12.6. The van der Waals surface area contributed by atoms with Crippen molar-refractivity contribution in [3.8, 4) is 17.4 Å². The number of nitriles is 1. The number of hydrogen-bond acceptors (Lipinski definition) is 7. The van der Waals surface area contributed by atoms with Crippen molar-refractivity contribution < 1.29 is 4.79 Å². The minimum Gasteiger partial charge on any atom is -0.309 e. The van der Waals surface area contributed by atoms with Crippen LogP contribution in [0, 0.1) is 15.3 Å². The zero-order valence-corrected chi connectivity index (χ0v) is 17.9. The number of amides is 1. The summed E-state index contributed by atoms with van der Waals surface area (Å²) in [5.74, 6) is 0.209. The fraction of sp³-hybridized carbons (Fsp3) is 0.0500. The van der Waals surface area contributed by atoms with Crippen molar-refractivity contribution in [1.82, 2.24) is 19.6 Å². The van der Waals surface area contributed by atoms with E-state index in [1.807, 2.05) is 60.7 Å². The lowest BCUT2D eigenvalue weighted by atomic mass is 10.3. The van der Waals surface area contributed by atoms with Gasteiger partial charge in [0.2, 0.25) is 5.91 Å². The molecule has 2 heterocycles. The van der Waals surface area contributed by atoms with E-state index in [4.69, 9.17) is 12.2 Å². The number of nitrogens with one attached hydrogen (secondary N) is 1. The molecule has 0 fully saturated rings. The van der Waals surface area contributed by atoms with Crippen LogP contribution in [-0.4, -0.2) is 31.2 Å². The van der Waals surface area contributed by atoms with Crippen molar-refractivity contribution in [2.24, 2.45) is 0 Å². The number of anilines is 1. The van der Waals surface area contributed by atoms with E-state index in [-0.39, 0.29) is 11.7 Å². The van der Waals surface area contributed by atoms with Gasteiger partial charge in [0.25, 0.3) is 0 Å². The molecule has 0 saturated carbocycles. The Hall–Kier alpha value is -3.26. The summed E-state index contributed by atoms with van der Waals surface area (Å²) < 4.78 is 4.52. The van der Waals surface area contributed by atoms with Gasteiger partial charge in [-0.25, -0.2) is 9.36 Å². The first-order valence-corrected chi connectivity index (χ1v) is 11.0. The smallest absolute Gasteiger partial charge is 0.236 e. The highest BCUT2D eigenvalue weighted by Gasteiger charge is 2.16. The Morgan fingerprint density at radius 1 is 1.10 bits per heavy atom. The molecular formula is C20H14N6OS3. The molecule has 0 radical (unpaired) electrons. The van der Waals surface area contributed by atoms with Gasteiger partial charge >= 0.3 is 0 Å². The Balaban J connectivity index is 1.47. The van der Waals surface area contributed by atoms with Crippen LogP contribution in [0.5, 0.6) is 0 Å². The van der Waals surface area contributed by atoms with Crippen molar-refractivity contribution in [2.75, 3.05) is 11.1 Å². The monoisotopic (exact) mass is 450 g/mol. The molecule has 0 aliphatic heterocycles. The van der Waals surface area contributed by atoms with Crippen molar-refractivity contribution in [2.45, 2.75) is 4.34 Å². The molecule has 4 aromatic rings. The lowest BCUT2D eigenvalue weighted by Gasteiger charge is -2.09. The third-order valence-corrected chi connectivity index (χ3v) is 6.37. The van der Waals surface area contributed by atoms with Gasteiger partial charge in [0, 0.05) is 0 Å². The Morgan fingerprint density at radius 3 is 2.37 bits per heavy atom. The van der Waals surface area contributed by atoms with Gasteiger partial charge in [0.15, 0.2) is 14.1 Å². The van der Waals surface area contributed by atoms with Gasteiger partial charge in [-0.05, 0) is 36.5 Å². The number of aromatic nitrogens is 4. The molecule has 0 atom stereocenters. The summed E-state index contributed by atoms with van der Waals surface area (Å²) in [6.45, 7) is 0. The quantitative estimate of drug-likeness (QED) is 0.345. The molecule has 0 bridgehead atoms. The van der Waals surface area contributed by atoms with Gasteiger partial charge in [-0.1, -0.05) is 59.5 Å². The number of nitrogens with zero attached hydrogens (tertiary/aromatic N) is 5. The molecule has 1 N–H and O–H groups in total. The van der Waals surface area contributed by atoms with Crippen molar-refractivity contribution in [3.05, 3.63) is 76.4 Å². The van der Waals surface area contributed by atoms with Crippen molar-refractivity contribution >= 4 is 47.0 Å². The average molecular weight is 451 g/mol. The number of carbonyl (C=O) groups excluding carboxylic acids is 1. The Morgan fingerprint density at radius 2 is 1.73 bits per heavy atom. The highest BCUT2D eigenvalue weighted by Crippen LogP contribution is 2.25. The Labute approximate surface area is 185 Å². The van der Waals surface area contributed by atoms with Gasteiger partial charge in [0.1, 0.15) is 11.6 Å². The molecule has 0 unspecified atom stereocenters. The third-order valence-electron chi connectivity index (χ3n) is 4.00. The number of benzene rings is 2. The second kappa shape index (κ2) is 9.04. The zero-order chi connectivity index (χ0) is 20.9. The van der Waals surface area contributed by atoms with Crippen LogP contribution in [0.25, 0.3) is 11.4 Å². The topological polar surface area (TPSA) is 88.5 Å². The molecule has 30 heavy (non-hydrogen) atoms. The third kappa shape index (κ3) is 4.33. The first-order valence-electron chi connectivity index (χ1n) is 8.77. The summed E-state index contributed by atoms with van der Waals surface area (Å²) in [5.41, 5.74) is 1.92. The van der Waals surface area contributed by atoms with Crippen LogP contribution in [0.4, 0.5) is 5.82 Å².